The second kappa shape index (κ2) is 7.31. The van der Waals surface area contributed by atoms with Gasteiger partial charge in [-0.3, -0.25) is 9.79 Å². The molecule has 1 aromatic carbocycles. The second-order valence-corrected chi connectivity index (χ2v) is 8.42. The van der Waals surface area contributed by atoms with Crippen molar-refractivity contribution in [3.63, 3.8) is 0 Å². The van der Waals surface area contributed by atoms with Gasteiger partial charge in [0.05, 0.1) is 23.3 Å². The lowest BCUT2D eigenvalue weighted by Crippen LogP contribution is -2.42. The topological polar surface area (TPSA) is 56.5 Å². The lowest BCUT2D eigenvalue weighted by Gasteiger charge is -2.40. The molecule has 27 heavy (non-hydrogen) atoms. The molecule has 0 radical (unpaired) electrons. The first-order valence-electron chi connectivity index (χ1n) is 9.87. The minimum atomic E-state index is -0.296. The van der Waals surface area contributed by atoms with Crippen molar-refractivity contribution in [3.05, 3.63) is 41.1 Å². The molecule has 2 atom stereocenters. The first-order chi connectivity index (χ1) is 12.8. The zero-order valence-electron chi connectivity index (χ0n) is 17.0. The van der Waals surface area contributed by atoms with E-state index in [1.54, 1.807) is 0 Å². The SMILES string of the molecule is CCN(CC)c1ccc([C@@H]2C(C#N)=C(C)N=C3CC(C)(C)CC(=O)[C@H]32)cc1. The predicted octanol–water partition coefficient (Wildman–Crippen LogP) is 4.87. The maximum atomic E-state index is 13.0. The quantitative estimate of drug-likeness (QED) is 0.766. The molecule has 3 rings (SSSR count). The molecule has 1 aliphatic carbocycles. The number of benzene rings is 1. The molecule has 0 saturated heterocycles. The van der Waals surface area contributed by atoms with Crippen LogP contribution in [-0.4, -0.2) is 24.6 Å². The summed E-state index contributed by atoms with van der Waals surface area (Å²) in [7, 11) is 0. The van der Waals surface area contributed by atoms with Crippen LogP contribution in [0.15, 0.2) is 40.5 Å². The van der Waals surface area contributed by atoms with Gasteiger partial charge in [0.15, 0.2) is 0 Å². The second-order valence-electron chi connectivity index (χ2n) is 8.42. The standard InChI is InChI=1S/C23H29N3O/c1-6-26(7-2)17-10-8-16(9-11-17)21-18(14-24)15(3)25-19-12-23(4,5)13-20(27)22(19)21/h8-11,21-22H,6-7,12-13H2,1-5H3/t21-,22+/m1/s1. The highest BCUT2D eigenvalue weighted by molar-refractivity contribution is 6.10. The number of ketones is 1. The third-order valence-electron chi connectivity index (χ3n) is 5.87. The van der Waals surface area contributed by atoms with Crippen molar-refractivity contribution >= 4 is 17.2 Å². The Morgan fingerprint density at radius 1 is 1.15 bits per heavy atom. The van der Waals surface area contributed by atoms with Crippen molar-refractivity contribution in [2.24, 2.45) is 16.3 Å². The summed E-state index contributed by atoms with van der Waals surface area (Å²) >= 11 is 0. The highest BCUT2D eigenvalue weighted by Crippen LogP contribution is 2.46. The number of fused-ring (bicyclic) bond motifs is 1. The smallest absolute Gasteiger partial charge is 0.143 e. The van der Waals surface area contributed by atoms with E-state index >= 15 is 0 Å². The van der Waals surface area contributed by atoms with E-state index in [2.05, 4.69) is 62.9 Å². The molecule has 2 aliphatic rings. The summed E-state index contributed by atoms with van der Waals surface area (Å²) in [4.78, 5) is 20.0. The molecule has 0 N–H and O–H groups in total. The van der Waals surface area contributed by atoms with Crippen LogP contribution in [0.5, 0.6) is 0 Å². The Labute approximate surface area is 162 Å². The number of hydrogen-bond acceptors (Lipinski definition) is 4. The molecule has 1 aromatic rings. The van der Waals surface area contributed by atoms with E-state index in [1.165, 1.54) is 5.69 Å². The van der Waals surface area contributed by atoms with Crippen LogP contribution in [0.4, 0.5) is 5.69 Å². The van der Waals surface area contributed by atoms with E-state index in [0.29, 0.717) is 12.0 Å². The largest absolute Gasteiger partial charge is 0.372 e. The number of allylic oxidation sites excluding steroid dienone is 2. The Hall–Kier alpha value is -2.41. The summed E-state index contributed by atoms with van der Waals surface area (Å²) in [6, 6.07) is 10.7. The molecular formula is C23H29N3O. The third kappa shape index (κ3) is 3.56. The number of anilines is 1. The minimum Gasteiger partial charge on any atom is -0.372 e. The molecular weight excluding hydrogens is 334 g/mol. The maximum absolute atomic E-state index is 13.0. The highest BCUT2D eigenvalue weighted by atomic mass is 16.1. The molecule has 0 spiro atoms. The van der Waals surface area contributed by atoms with E-state index < -0.39 is 0 Å². The van der Waals surface area contributed by atoms with Crippen molar-refractivity contribution in [3.8, 4) is 6.07 Å². The number of nitriles is 1. The van der Waals surface area contributed by atoms with Gasteiger partial charge in [0.1, 0.15) is 5.78 Å². The molecule has 0 unspecified atom stereocenters. The fraction of sp³-hybridized carbons (Fsp3) is 0.522. The molecule has 4 heteroatoms. The zero-order valence-corrected chi connectivity index (χ0v) is 17.0. The maximum Gasteiger partial charge on any atom is 0.143 e. The van der Waals surface area contributed by atoms with Gasteiger partial charge in [-0.2, -0.15) is 5.26 Å². The van der Waals surface area contributed by atoms with Gasteiger partial charge in [0, 0.05) is 36.8 Å². The van der Waals surface area contributed by atoms with E-state index in [9.17, 15) is 10.1 Å². The molecule has 1 aliphatic heterocycles. The molecule has 0 aromatic heterocycles. The fourth-order valence-corrected chi connectivity index (χ4v) is 4.58. The van der Waals surface area contributed by atoms with Crippen LogP contribution in [0.3, 0.4) is 0 Å². The summed E-state index contributed by atoms with van der Waals surface area (Å²) in [6.45, 7) is 12.3. The monoisotopic (exact) mass is 363 g/mol. The normalized spacial score (nSPS) is 24.1. The number of carbonyl (C=O) groups excluding carboxylic acids is 1. The van der Waals surface area contributed by atoms with Gasteiger partial charge in [-0.1, -0.05) is 26.0 Å². The van der Waals surface area contributed by atoms with Gasteiger partial charge in [-0.25, -0.2) is 0 Å². The van der Waals surface area contributed by atoms with Crippen molar-refractivity contribution in [1.82, 2.24) is 0 Å². The lowest BCUT2D eigenvalue weighted by atomic mass is 9.63. The van der Waals surface area contributed by atoms with Gasteiger partial charge in [-0.15, -0.1) is 0 Å². The molecule has 4 nitrogen and oxygen atoms in total. The fourth-order valence-electron chi connectivity index (χ4n) is 4.58. The molecule has 1 heterocycles. The molecule has 0 bridgehead atoms. The van der Waals surface area contributed by atoms with E-state index in [-0.39, 0.29) is 23.0 Å². The molecule has 0 amide bonds. The van der Waals surface area contributed by atoms with Gasteiger partial charge in [0.25, 0.3) is 0 Å². The van der Waals surface area contributed by atoms with Crippen LogP contribution >= 0.6 is 0 Å². The average molecular weight is 364 g/mol. The van der Waals surface area contributed by atoms with Crippen LogP contribution in [-0.2, 0) is 4.79 Å². The minimum absolute atomic E-state index is 0.0615. The highest BCUT2D eigenvalue weighted by Gasteiger charge is 2.46. The summed E-state index contributed by atoms with van der Waals surface area (Å²) in [5.41, 5.74) is 4.48. The summed E-state index contributed by atoms with van der Waals surface area (Å²) in [5.74, 6) is -0.296. The first kappa shape index (κ1) is 19.4. The van der Waals surface area contributed by atoms with Crippen LogP contribution < -0.4 is 4.90 Å². The van der Waals surface area contributed by atoms with Crippen molar-refractivity contribution in [2.45, 2.75) is 53.4 Å². The van der Waals surface area contributed by atoms with Crippen LogP contribution in [0.25, 0.3) is 0 Å². The van der Waals surface area contributed by atoms with Crippen LogP contribution in [0, 0.1) is 22.7 Å². The average Bonchev–Trinajstić information content (AvgIpc) is 2.61. The Kier molecular flexibility index (Phi) is 5.24. The summed E-state index contributed by atoms with van der Waals surface area (Å²) < 4.78 is 0. The number of hydrogen-bond donors (Lipinski definition) is 0. The van der Waals surface area contributed by atoms with E-state index in [0.717, 1.165) is 36.5 Å². The van der Waals surface area contributed by atoms with E-state index in [4.69, 9.17) is 4.99 Å². The van der Waals surface area contributed by atoms with E-state index in [1.807, 2.05) is 6.92 Å². The van der Waals surface area contributed by atoms with Crippen LogP contribution in [0.2, 0.25) is 0 Å². The lowest BCUT2D eigenvalue weighted by molar-refractivity contribution is -0.124. The molecule has 142 valence electrons. The number of nitrogens with zero attached hydrogens (tertiary/aromatic N) is 3. The molecule has 1 fully saturated rings. The summed E-state index contributed by atoms with van der Waals surface area (Å²) in [6.07, 6.45) is 1.36. The Bertz CT molecular complexity index is 835. The van der Waals surface area contributed by atoms with Gasteiger partial charge in [0.2, 0.25) is 0 Å². The van der Waals surface area contributed by atoms with Gasteiger partial charge in [-0.05, 0) is 50.3 Å². The van der Waals surface area contributed by atoms with Gasteiger partial charge < -0.3 is 4.90 Å². The number of Topliss-reactive ketones (excluding diaryl/α,β-unsaturated/α-hetero) is 1. The predicted molar refractivity (Wildman–Crippen MR) is 110 cm³/mol. The van der Waals surface area contributed by atoms with Crippen LogP contribution in [0.1, 0.15) is 58.9 Å². The van der Waals surface area contributed by atoms with Crippen molar-refractivity contribution in [2.75, 3.05) is 18.0 Å². The Balaban J connectivity index is 2.04. The van der Waals surface area contributed by atoms with Crippen molar-refractivity contribution < 1.29 is 4.79 Å². The number of carbonyl (C=O) groups is 1. The van der Waals surface area contributed by atoms with Crippen molar-refractivity contribution in [1.29, 1.82) is 5.26 Å². The molecule has 1 saturated carbocycles. The Morgan fingerprint density at radius 3 is 2.33 bits per heavy atom. The first-order valence-corrected chi connectivity index (χ1v) is 9.87. The third-order valence-corrected chi connectivity index (χ3v) is 5.87. The Morgan fingerprint density at radius 2 is 1.78 bits per heavy atom. The summed E-state index contributed by atoms with van der Waals surface area (Å²) in [5, 5.41) is 9.79. The zero-order chi connectivity index (χ0) is 19.8. The van der Waals surface area contributed by atoms with Gasteiger partial charge >= 0.3 is 0 Å². The number of aliphatic imine (C=N–C) groups is 1. The number of rotatable bonds is 4.